The maximum Gasteiger partial charge on any atom is 0.230 e. The molecule has 2 heteroatoms. The highest BCUT2D eigenvalue weighted by Crippen LogP contribution is 2.29. The van der Waals surface area contributed by atoms with Gasteiger partial charge in [-0.15, -0.1) is 0 Å². The predicted octanol–water partition coefficient (Wildman–Crippen LogP) is 2.23. The molecule has 0 saturated carbocycles. The molecule has 1 aromatic carbocycles. The normalized spacial score (nSPS) is 20.9. The molecular formula is C12H15NO. The number of benzene rings is 1. The van der Waals surface area contributed by atoms with Crippen LogP contribution in [0.3, 0.4) is 0 Å². The largest absolute Gasteiger partial charge is 0.312 e. The highest BCUT2D eigenvalue weighted by molar-refractivity contribution is 5.97. The minimum Gasteiger partial charge on any atom is -0.312 e. The quantitative estimate of drug-likeness (QED) is 0.663. The van der Waals surface area contributed by atoms with Crippen LogP contribution in [-0.2, 0) is 11.2 Å². The standard InChI is InChI=1S/C12H15NO/c1-3-13-11-7-5-4-6-10(11)8-9(2)12(13)14/h4-7,9H,3,8H2,1-2H3. The summed E-state index contributed by atoms with van der Waals surface area (Å²) in [5, 5.41) is 0. The zero-order valence-electron chi connectivity index (χ0n) is 8.66. The van der Waals surface area contributed by atoms with E-state index < -0.39 is 0 Å². The van der Waals surface area contributed by atoms with Gasteiger partial charge in [-0.05, 0) is 25.0 Å². The van der Waals surface area contributed by atoms with Gasteiger partial charge < -0.3 is 4.90 Å². The molecule has 1 atom stereocenters. The third-order valence-electron chi connectivity index (χ3n) is 2.81. The Morgan fingerprint density at radius 1 is 1.43 bits per heavy atom. The van der Waals surface area contributed by atoms with Crippen LogP contribution >= 0.6 is 0 Å². The molecule has 1 aliphatic rings. The van der Waals surface area contributed by atoms with E-state index in [4.69, 9.17) is 0 Å². The summed E-state index contributed by atoms with van der Waals surface area (Å²) in [5.74, 6) is 0.385. The maximum atomic E-state index is 11.8. The van der Waals surface area contributed by atoms with Crippen LogP contribution in [0.5, 0.6) is 0 Å². The Bertz CT molecular complexity index is 359. The van der Waals surface area contributed by atoms with Gasteiger partial charge in [0.1, 0.15) is 0 Å². The molecule has 14 heavy (non-hydrogen) atoms. The molecule has 0 aromatic heterocycles. The van der Waals surface area contributed by atoms with E-state index in [1.54, 1.807) is 0 Å². The van der Waals surface area contributed by atoms with Crippen molar-refractivity contribution < 1.29 is 4.79 Å². The fraction of sp³-hybridized carbons (Fsp3) is 0.417. The molecule has 1 aromatic rings. The molecule has 2 rings (SSSR count). The van der Waals surface area contributed by atoms with Gasteiger partial charge in [0.25, 0.3) is 0 Å². The Morgan fingerprint density at radius 3 is 2.86 bits per heavy atom. The van der Waals surface area contributed by atoms with Crippen molar-refractivity contribution in [1.29, 1.82) is 0 Å². The number of hydrogen-bond donors (Lipinski definition) is 0. The third kappa shape index (κ3) is 1.31. The van der Waals surface area contributed by atoms with E-state index in [0.717, 1.165) is 18.7 Å². The first-order valence-electron chi connectivity index (χ1n) is 5.13. The molecule has 0 bridgehead atoms. The molecule has 1 unspecified atom stereocenters. The van der Waals surface area contributed by atoms with E-state index in [2.05, 4.69) is 6.07 Å². The summed E-state index contributed by atoms with van der Waals surface area (Å²) in [6.45, 7) is 4.79. The van der Waals surface area contributed by atoms with Gasteiger partial charge >= 0.3 is 0 Å². The van der Waals surface area contributed by atoms with E-state index in [9.17, 15) is 4.79 Å². The molecule has 74 valence electrons. The highest BCUT2D eigenvalue weighted by Gasteiger charge is 2.28. The van der Waals surface area contributed by atoms with Crippen LogP contribution in [0.15, 0.2) is 24.3 Å². The molecule has 0 aliphatic carbocycles. The summed E-state index contributed by atoms with van der Waals surface area (Å²) < 4.78 is 0. The fourth-order valence-corrected chi connectivity index (χ4v) is 2.07. The lowest BCUT2D eigenvalue weighted by molar-refractivity contribution is -0.122. The topological polar surface area (TPSA) is 20.3 Å². The van der Waals surface area contributed by atoms with Gasteiger partial charge in [-0.25, -0.2) is 0 Å². The monoisotopic (exact) mass is 189 g/mol. The second-order valence-corrected chi connectivity index (χ2v) is 3.82. The average Bonchev–Trinajstić information content (AvgIpc) is 2.20. The molecule has 0 N–H and O–H groups in total. The first-order valence-corrected chi connectivity index (χ1v) is 5.13. The summed E-state index contributed by atoms with van der Waals surface area (Å²) >= 11 is 0. The maximum absolute atomic E-state index is 11.8. The number of fused-ring (bicyclic) bond motifs is 1. The smallest absolute Gasteiger partial charge is 0.230 e. The first kappa shape index (κ1) is 9.25. The molecule has 0 radical (unpaired) electrons. The summed E-state index contributed by atoms with van der Waals surface area (Å²) in [5.41, 5.74) is 2.39. The van der Waals surface area contributed by atoms with E-state index in [1.807, 2.05) is 36.9 Å². The molecule has 0 fully saturated rings. The zero-order chi connectivity index (χ0) is 10.1. The van der Waals surface area contributed by atoms with Crippen molar-refractivity contribution in [1.82, 2.24) is 0 Å². The number of hydrogen-bond acceptors (Lipinski definition) is 1. The summed E-state index contributed by atoms with van der Waals surface area (Å²) in [6.07, 6.45) is 0.880. The number of carbonyl (C=O) groups excluding carboxylic acids is 1. The van der Waals surface area contributed by atoms with Gasteiger partial charge in [0.15, 0.2) is 0 Å². The Labute approximate surface area is 84.5 Å². The van der Waals surface area contributed by atoms with Crippen LogP contribution in [0.4, 0.5) is 5.69 Å². The van der Waals surface area contributed by atoms with Crippen molar-refractivity contribution in [3.63, 3.8) is 0 Å². The van der Waals surface area contributed by atoms with E-state index in [-0.39, 0.29) is 11.8 Å². The minimum absolute atomic E-state index is 0.129. The molecule has 0 spiro atoms. The number of nitrogens with zero attached hydrogens (tertiary/aromatic N) is 1. The Morgan fingerprint density at radius 2 is 2.14 bits per heavy atom. The predicted molar refractivity (Wildman–Crippen MR) is 57.3 cm³/mol. The lowest BCUT2D eigenvalue weighted by atomic mass is 9.93. The molecule has 1 amide bonds. The van der Waals surface area contributed by atoms with Crippen LogP contribution in [-0.4, -0.2) is 12.5 Å². The fourth-order valence-electron chi connectivity index (χ4n) is 2.07. The first-order chi connectivity index (χ1) is 6.74. The van der Waals surface area contributed by atoms with E-state index >= 15 is 0 Å². The van der Waals surface area contributed by atoms with Gasteiger partial charge in [-0.1, -0.05) is 25.1 Å². The number of carbonyl (C=O) groups is 1. The lowest BCUT2D eigenvalue weighted by Gasteiger charge is -2.31. The SMILES string of the molecule is CCN1C(=O)C(C)Cc2ccccc21. The molecule has 0 saturated heterocycles. The van der Waals surface area contributed by atoms with Crippen molar-refractivity contribution >= 4 is 11.6 Å². The minimum atomic E-state index is 0.129. The Balaban J connectivity index is 2.47. The number of rotatable bonds is 1. The van der Waals surface area contributed by atoms with Crippen LogP contribution in [0, 0.1) is 5.92 Å². The van der Waals surface area contributed by atoms with Gasteiger partial charge in [0.2, 0.25) is 5.91 Å². The number of para-hydroxylation sites is 1. The van der Waals surface area contributed by atoms with Crippen LogP contribution in [0.2, 0.25) is 0 Å². The Hall–Kier alpha value is -1.31. The molecule has 2 nitrogen and oxygen atoms in total. The summed E-state index contributed by atoms with van der Waals surface area (Å²) in [7, 11) is 0. The second kappa shape index (κ2) is 3.45. The lowest BCUT2D eigenvalue weighted by Crippen LogP contribution is -2.39. The third-order valence-corrected chi connectivity index (χ3v) is 2.81. The van der Waals surface area contributed by atoms with Crippen molar-refractivity contribution in [3.8, 4) is 0 Å². The van der Waals surface area contributed by atoms with E-state index in [0.29, 0.717) is 0 Å². The molecule has 1 heterocycles. The number of amides is 1. The summed E-state index contributed by atoms with van der Waals surface area (Å²) in [6, 6.07) is 8.17. The van der Waals surface area contributed by atoms with Crippen molar-refractivity contribution in [2.75, 3.05) is 11.4 Å². The highest BCUT2D eigenvalue weighted by atomic mass is 16.2. The zero-order valence-corrected chi connectivity index (χ0v) is 8.66. The molecule has 1 aliphatic heterocycles. The summed E-state index contributed by atoms with van der Waals surface area (Å²) in [4.78, 5) is 13.7. The second-order valence-electron chi connectivity index (χ2n) is 3.82. The van der Waals surface area contributed by atoms with Crippen molar-refractivity contribution in [3.05, 3.63) is 29.8 Å². The van der Waals surface area contributed by atoms with Crippen LogP contribution < -0.4 is 4.90 Å². The average molecular weight is 189 g/mol. The van der Waals surface area contributed by atoms with Gasteiger partial charge in [0, 0.05) is 18.2 Å². The van der Waals surface area contributed by atoms with Crippen molar-refractivity contribution in [2.45, 2.75) is 20.3 Å². The van der Waals surface area contributed by atoms with Crippen molar-refractivity contribution in [2.24, 2.45) is 5.92 Å². The van der Waals surface area contributed by atoms with Crippen LogP contribution in [0.25, 0.3) is 0 Å². The van der Waals surface area contributed by atoms with Crippen LogP contribution in [0.1, 0.15) is 19.4 Å². The van der Waals surface area contributed by atoms with Gasteiger partial charge in [-0.2, -0.15) is 0 Å². The number of anilines is 1. The van der Waals surface area contributed by atoms with E-state index in [1.165, 1.54) is 5.56 Å². The van der Waals surface area contributed by atoms with Gasteiger partial charge in [-0.3, -0.25) is 4.79 Å². The van der Waals surface area contributed by atoms with Gasteiger partial charge in [0.05, 0.1) is 0 Å². The Kier molecular flexibility index (Phi) is 2.28. The molecular weight excluding hydrogens is 174 g/mol.